The van der Waals surface area contributed by atoms with Crippen LogP contribution in [0, 0.1) is 0 Å². The molecule has 0 aromatic carbocycles. The average molecular weight is 193 g/mol. The van der Waals surface area contributed by atoms with Gasteiger partial charge in [-0.1, -0.05) is 18.9 Å². The minimum absolute atomic E-state index is 0.0778. The molecule has 0 saturated heterocycles. The van der Waals surface area contributed by atoms with E-state index in [1.807, 2.05) is 18.2 Å². The molecule has 0 aliphatic carbocycles. The Kier molecular flexibility index (Phi) is 5.19. The summed E-state index contributed by atoms with van der Waals surface area (Å²) in [4.78, 5) is 4.23. The van der Waals surface area contributed by atoms with E-state index in [-0.39, 0.29) is 6.04 Å². The molecule has 0 aliphatic rings. The Bertz CT molecular complexity index is 236. The molecule has 0 fully saturated rings. The van der Waals surface area contributed by atoms with Gasteiger partial charge in [0, 0.05) is 12.2 Å². The van der Waals surface area contributed by atoms with Crippen molar-refractivity contribution in [3.05, 3.63) is 30.1 Å². The zero-order valence-electron chi connectivity index (χ0n) is 8.52. The number of rotatable bonds is 6. The zero-order chi connectivity index (χ0) is 10.2. The van der Waals surface area contributed by atoms with Gasteiger partial charge in [-0.3, -0.25) is 4.98 Å². The monoisotopic (exact) mass is 193 g/mol. The van der Waals surface area contributed by atoms with Crippen molar-refractivity contribution < 1.29 is 0 Å². The first-order chi connectivity index (χ1) is 6.84. The van der Waals surface area contributed by atoms with Crippen LogP contribution in [-0.2, 0) is 0 Å². The lowest BCUT2D eigenvalue weighted by Crippen LogP contribution is -2.11. The van der Waals surface area contributed by atoms with Gasteiger partial charge in [0.25, 0.3) is 0 Å². The highest BCUT2D eigenvalue weighted by Gasteiger charge is 2.05. The molecule has 0 spiro atoms. The Labute approximate surface area is 85.5 Å². The maximum absolute atomic E-state index is 5.98. The molecule has 14 heavy (non-hydrogen) atoms. The van der Waals surface area contributed by atoms with Crippen molar-refractivity contribution in [2.45, 2.75) is 31.7 Å². The van der Waals surface area contributed by atoms with Crippen molar-refractivity contribution in [2.75, 3.05) is 6.54 Å². The van der Waals surface area contributed by atoms with E-state index >= 15 is 0 Å². The van der Waals surface area contributed by atoms with Crippen LogP contribution in [0.3, 0.4) is 0 Å². The minimum Gasteiger partial charge on any atom is -0.330 e. The van der Waals surface area contributed by atoms with Crippen molar-refractivity contribution >= 4 is 0 Å². The number of nitrogens with two attached hydrogens (primary N) is 2. The topological polar surface area (TPSA) is 64.9 Å². The SMILES string of the molecule is NCCCCC[C@H](N)c1ccccn1. The minimum atomic E-state index is 0.0778. The van der Waals surface area contributed by atoms with E-state index in [2.05, 4.69) is 4.98 Å². The second-order valence-corrected chi connectivity index (χ2v) is 3.50. The van der Waals surface area contributed by atoms with Crippen LogP contribution in [-0.4, -0.2) is 11.5 Å². The fourth-order valence-corrected chi connectivity index (χ4v) is 1.43. The molecule has 0 radical (unpaired) electrons. The smallest absolute Gasteiger partial charge is 0.0570 e. The molecule has 1 aromatic heterocycles. The molecule has 78 valence electrons. The second kappa shape index (κ2) is 6.51. The molecule has 0 bridgehead atoms. The molecule has 1 aromatic rings. The van der Waals surface area contributed by atoms with Crippen LogP contribution in [0.15, 0.2) is 24.4 Å². The molecule has 3 heteroatoms. The molecule has 0 amide bonds. The van der Waals surface area contributed by atoms with Crippen LogP contribution in [0.25, 0.3) is 0 Å². The molecule has 4 N–H and O–H groups in total. The van der Waals surface area contributed by atoms with E-state index in [4.69, 9.17) is 11.5 Å². The molecule has 1 atom stereocenters. The van der Waals surface area contributed by atoms with Crippen molar-refractivity contribution in [2.24, 2.45) is 11.5 Å². The molecular formula is C11H19N3. The van der Waals surface area contributed by atoms with Gasteiger partial charge in [0.15, 0.2) is 0 Å². The lowest BCUT2D eigenvalue weighted by molar-refractivity contribution is 0.563. The summed E-state index contributed by atoms with van der Waals surface area (Å²) in [6.07, 6.45) is 6.17. The summed E-state index contributed by atoms with van der Waals surface area (Å²) in [6.45, 7) is 0.777. The van der Waals surface area contributed by atoms with E-state index < -0.39 is 0 Å². The van der Waals surface area contributed by atoms with Gasteiger partial charge in [-0.15, -0.1) is 0 Å². The lowest BCUT2D eigenvalue weighted by Gasteiger charge is -2.09. The predicted octanol–water partition coefficient (Wildman–Crippen LogP) is 1.60. The predicted molar refractivity (Wildman–Crippen MR) is 58.7 cm³/mol. The lowest BCUT2D eigenvalue weighted by atomic mass is 10.1. The van der Waals surface area contributed by atoms with Crippen LogP contribution in [0.1, 0.15) is 37.4 Å². The normalized spacial score (nSPS) is 12.7. The van der Waals surface area contributed by atoms with E-state index in [9.17, 15) is 0 Å². The van der Waals surface area contributed by atoms with E-state index in [0.717, 1.165) is 37.9 Å². The van der Waals surface area contributed by atoms with Crippen LogP contribution < -0.4 is 11.5 Å². The third-order valence-electron chi connectivity index (χ3n) is 2.29. The quantitative estimate of drug-likeness (QED) is 0.674. The van der Waals surface area contributed by atoms with Gasteiger partial charge >= 0.3 is 0 Å². The van der Waals surface area contributed by atoms with Gasteiger partial charge in [0.05, 0.1) is 5.69 Å². The average Bonchev–Trinajstić information content (AvgIpc) is 2.25. The van der Waals surface area contributed by atoms with Gasteiger partial charge < -0.3 is 11.5 Å². The summed E-state index contributed by atoms with van der Waals surface area (Å²) in [7, 11) is 0. The molecule has 1 heterocycles. The second-order valence-electron chi connectivity index (χ2n) is 3.50. The number of hydrogen-bond donors (Lipinski definition) is 2. The third kappa shape index (κ3) is 3.85. The summed E-state index contributed by atoms with van der Waals surface area (Å²) in [5, 5.41) is 0. The highest BCUT2D eigenvalue weighted by Crippen LogP contribution is 2.14. The Morgan fingerprint density at radius 1 is 1.21 bits per heavy atom. The van der Waals surface area contributed by atoms with Gasteiger partial charge in [-0.25, -0.2) is 0 Å². The summed E-state index contributed by atoms with van der Waals surface area (Å²) in [5.74, 6) is 0. The van der Waals surface area contributed by atoms with Crippen LogP contribution in [0.4, 0.5) is 0 Å². The van der Waals surface area contributed by atoms with Gasteiger partial charge in [0.2, 0.25) is 0 Å². The Balaban J connectivity index is 2.25. The van der Waals surface area contributed by atoms with Crippen molar-refractivity contribution in [1.29, 1.82) is 0 Å². The highest BCUT2D eigenvalue weighted by atomic mass is 14.8. The first-order valence-corrected chi connectivity index (χ1v) is 5.21. The van der Waals surface area contributed by atoms with Crippen molar-refractivity contribution in [1.82, 2.24) is 4.98 Å². The van der Waals surface area contributed by atoms with Gasteiger partial charge in [-0.05, 0) is 31.5 Å². The third-order valence-corrected chi connectivity index (χ3v) is 2.29. The fourth-order valence-electron chi connectivity index (χ4n) is 1.43. The maximum atomic E-state index is 5.98. The first-order valence-electron chi connectivity index (χ1n) is 5.21. The number of hydrogen-bond acceptors (Lipinski definition) is 3. The molecule has 0 aliphatic heterocycles. The molecule has 0 saturated carbocycles. The van der Waals surface area contributed by atoms with E-state index in [1.54, 1.807) is 6.20 Å². The highest BCUT2D eigenvalue weighted by molar-refractivity contribution is 5.07. The van der Waals surface area contributed by atoms with E-state index in [1.165, 1.54) is 0 Å². The zero-order valence-corrected chi connectivity index (χ0v) is 8.52. The van der Waals surface area contributed by atoms with Crippen molar-refractivity contribution in [3.8, 4) is 0 Å². The van der Waals surface area contributed by atoms with Gasteiger partial charge in [0.1, 0.15) is 0 Å². The standard InChI is InChI=1S/C11H19N3/c12-8-4-1-2-6-10(13)11-7-3-5-9-14-11/h3,5,7,9-10H,1-2,4,6,8,12-13H2/t10-/m0/s1. The van der Waals surface area contributed by atoms with Crippen LogP contribution in [0.2, 0.25) is 0 Å². The Hall–Kier alpha value is -0.930. The van der Waals surface area contributed by atoms with E-state index in [0.29, 0.717) is 0 Å². The first kappa shape index (κ1) is 11.1. The summed E-state index contributed by atoms with van der Waals surface area (Å²) in [6, 6.07) is 5.94. The van der Waals surface area contributed by atoms with Gasteiger partial charge in [-0.2, -0.15) is 0 Å². The van der Waals surface area contributed by atoms with Crippen LogP contribution in [0.5, 0.6) is 0 Å². The number of nitrogens with zero attached hydrogens (tertiary/aromatic N) is 1. The molecular weight excluding hydrogens is 174 g/mol. The number of pyridine rings is 1. The molecule has 3 nitrogen and oxygen atoms in total. The fraction of sp³-hybridized carbons (Fsp3) is 0.545. The summed E-state index contributed by atoms with van der Waals surface area (Å²) >= 11 is 0. The maximum Gasteiger partial charge on any atom is 0.0570 e. The van der Waals surface area contributed by atoms with Crippen molar-refractivity contribution in [3.63, 3.8) is 0 Å². The Morgan fingerprint density at radius 2 is 2.07 bits per heavy atom. The number of aromatic nitrogens is 1. The number of unbranched alkanes of at least 4 members (excludes halogenated alkanes) is 2. The Morgan fingerprint density at radius 3 is 2.71 bits per heavy atom. The molecule has 0 unspecified atom stereocenters. The summed E-state index contributed by atoms with van der Waals surface area (Å²) in [5.41, 5.74) is 12.4. The van der Waals surface area contributed by atoms with Crippen LogP contribution >= 0.6 is 0 Å². The largest absolute Gasteiger partial charge is 0.330 e. The summed E-state index contributed by atoms with van der Waals surface area (Å²) < 4.78 is 0. The molecule has 1 rings (SSSR count).